The number of hydrogen-bond acceptors (Lipinski definition) is 4. The van der Waals surface area contributed by atoms with Crippen LogP contribution in [0.15, 0.2) is 92.8 Å². The summed E-state index contributed by atoms with van der Waals surface area (Å²) in [6.07, 6.45) is 19.9. The largest absolute Gasteiger partial charge is 0.353 e. The summed E-state index contributed by atoms with van der Waals surface area (Å²) in [7, 11) is 0. The van der Waals surface area contributed by atoms with Crippen LogP contribution < -0.4 is 0 Å². The Labute approximate surface area is 170 Å². The third-order valence-corrected chi connectivity index (χ3v) is 3.70. The smallest absolute Gasteiger partial charge is 0.166 e. The molecule has 0 saturated carbocycles. The Morgan fingerprint density at radius 1 is 0.769 bits per heavy atom. The molecule has 4 heterocycles. The van der Waals surface area contributed by atoms with Gasteiger partial charge in [-0.05, 0) is 66.8 Å². The van der Waals surface area contributed by atoms with E-state index >= 15 is 0 Å². The molecule has 0 amide bonds. The fraction of sp³-hybridized carbons (Fsp3) is 0. The third kappa shape index (κ3) is 4.29. The maximum atomic E-state index is 10.7. The summed E-state index contributed by atoms with van der Waals surface area (Å²) in [6, 6.07) is 3.59. The summed E-state index contributed by atoms with van der Waals surface area (Å²) in [5.41, 5.74) is 5.68. The van der Waals surface area contributed by atoms with Gasteiger partial charge in [-0.15, -0.1) is 0 Å². The number of carbonyl (C=O) groups excluding carboxylic acids is 1. The molecule has 1 N–H and O–H groups in total. The number of aliphatic imine (C=N–C) groups is 3. The van der Waals surface area contributed by atoms with Crippen LogP contribution in [-0.2, 0) is 0 Å². The quantitative estimate of drug-likeness (QED) is 0.469. The number of allylic oxidation sites excluding steroid dienone is 8. The number of nitrogens with one attached hydrogen (secondary N) is 1. The van der Waals surface area contributed by atoms with Gasteiger partial charge in [0.25, 0.3) is 0 Å². The second kappa shape index (κ2) is 8.13. The predicted octanol–water partition coefficient (Wildman–Crippen LogP) is 3.22. The molecule has 0 aromatic carbocycles. The zero-order valence-corrected chi connectivity index (χ0v) is 17.6. The molecule has 1 aromatic rings. The molecular weight excluding hydrogens is 519 g/mol. The molecule has 4 radical (unpaired) electrons. The van der Waals surface area contributed by atoms with Crippen LogP contribution in [0.4, 0.5) is 0 Å². The van der Waals surface area contributed by atoms with Gasteiger partial charge in [0, 0.05) is 39.2 Å². The van der Waals surface area contributed by atoms with E-state index in [-0.39, 0.29) is 27.3 Å². The Morgan fingerprint density at radius 3 is 2.04 bits per heavy atom. The number of carbonyl (C=O) groups is 1. The maximum absolute atomic E-state index is 10.7. The zero-order chi connectivity index (χ0) is 17.1. The van der Waals surface area contributed by atoms with Gasteiger partial charge in [-0.2, -0.15) is 0 Å². The molecule has 0 spiro atoms. The standard InChI is InChI=1S/C20H14N4O.Pb/c25-13-20-8-7-19(24-20)12-18-6-5-17(23-18)11-16-4-3-15(22-16)10-14-2-1-9-21-14;/h1-13,24H;. The van der Waals surface area contributed by atoms with Gasteiger partial charge in [0.15, 0.2) is 6.29 Å². The van der Waals surface area contributed by atoms with E-state index in [4.69, 9.17) is 0 Å². The molecule has 0 unspecified atom stereocenters. The van der Waals surface area contributed by atoms with Crippen molar-refractivity contribution in [2.24, 2.45) is 15.0 Å². The van der Waals surface area contributed by atoms with E-state index in [1.54, 1.807) is 12.3 Å². The van der Waals surface area contributed by atoms with Gasteiger partial charge in [-0.3, -0.25) is 9.79 Å². The molecule has 0 fully saturated rings. The fourth-order valence-corrected chi connectivity index (χ4v) is 2.55. The van der Waals surface area contributed by atoms with Gasteiger partial charge in [0.2, 0.25) is 0 Å². The average Bonchev–Trinajstić information content (AvgIpc) is 3.38. The fourth-order valence-electron chi connectivity index (χ4n) is 2.55. The van der Waals surface area contributed by atoms with Crippen molar-refractivity contribution < 1.29 is 4.79 Å². The van der Waals surface area contributed by atoms with Crippen molar-refractivity contribution in [2.75, 3.05) is 0 Å². The second-order valence-corrected chi connectivity index (χ2v) is 5.57. The van der Waals surface area contributed by atoms with E-state index in [9.17, 15) is 4.79 Å². The number of rotatable bonds is 4. The summed E-state index contributed by atoms with van der Waals surface area (Å²) in [5, 5.41) is 0. The molecule has 1 aromatic heterocycles. The second-order valence-electron chi connectivity index (χ2n) is 5.57. The van der Waals surface area contributed by atoms with Crippen LogP contribution in [0, 0.1) is 0 Å². The van der Waals surface area contributed by atoms with E-state index in [1.807, 2.05) is 60.8 Å². The molecule has 5 nitrogen and oxygen atoms in total. The number of H-pyrrole nitrogens is 1. The van der Waals surface area contributed by atoms with Gasteiger partial charge in [0.1, 0.15) is 0 Å². The minimum Gasteiger partial charge on any atom is -0.353 e. The maximum Gasteiger partial charge on any atom is 0.166 e. The van der Waals surface area contributed by atoms with Gasteiger partial charge in [-0.1, -0.05) is 0 Å². The van der Waals surface area contributed by atoms with E-state index < -0.39 is 0 Å². The van der Waals surface area contributed by atoms with Crippen molar-refractivity contribution in [3.05, 3.63) is 89.2 Å². The first-order chi connectivity index (χ1) is 12.3. The summed E-state index contributed by atoms with van der Waals surface area (Å²) in [4.78, 5) is 27.0. The molecule has 0 saturated heterocycles. The molecule has 4 rings (SSSR count). The number of nitrogens with zero attached hydrogens (tertiary/aromatic N) is 3. The molecule has 6 heteroatoms. The monoisotopic (exact) mass is 534 g/mol. The van der Waals surface area contributed by atoms with Crippen molar-refractivity contribution in [2.45, 2.75) is 0 Å². The Balaban J connectivity index is 0.00000196. The first kappa shape index (κ1) is 18.1. The van der Waals surface area contributed by atoms with E-state index in [0.29, 0.717) is 5.69 Å². The third-order valence-electron chi connectivity index (χ3n) is 3.70. The Hall–Kier alpha value is -2.68. The summed E-state index contributed by atoms with van der Waals surface area (Å²) in [6.45, 7) is 0. The van der Waals surface area contributed by atoms with Crippen molar-refractivity contribution >= 4 is 57.3 Å². The minimum absolute atomic E-state index is 0. The topological polar surface area (TPSA) is 69.9 Å². The average molecular weight is 534 g/mol. The van der Waals surface area contributed by atoms with Gasteiger partial charge < -0.3 is 4.98 Å². The van der Waals surface area contributed by atoms with Gasteiger partial charge in [-0.25, -0.2) is 9.98 Å². The van der Waals surface area contributed by atoms with Crippen LogP contribution in [0.1, 0.15) is 16.2 Å². The van der Waals surface area contributed by atoms with Crippen LogP contribution in [0.2, 0.25) is 0 Å². The molecular formula is C20H14N4OPb. The molecule has 3 aliphatic heterocycles. The molecule has 0 atom stereocenters. The zero-order valence-electron chi connectivity index (χ0n) is 13.8. The minimum atomic E-state index is 0. The Morgan fingerprint density at radius 2 is 1.42 bits per heavy atom. The SMILES string of the molecule is O=Cc1ccc(C=C2C=CC(C=C3C=CC(C=C4C=CC=N4)=N3)=N2)[nH]1.[Pb]. The predicted molar refractivity (Wildman–Crippen MR) is 107 cm³/mol. The van der Waals surface area contributed by atoms with E-state index in [0.717, 1.165) is 40.5 Å². The normalized spacial score (nSPS) is 21.8. The Kier molecular flexibility index (Phi) is 5.67. The van der Waals surface area contributed by atoms with Crippen molar-refractivity contribution in [1.29, 1.82) is 0 Å². The number of hydrogen-bond donors (Lipinski definition) is 1. The van der Waals surface area contributed by atoms with Crippen LogP contribution in [0.25, 0.3) is 6.08 Å². The van der Waals surface area contributed by atoms with Gasteiger partial charge in [0.05, 0.1) is 34.2 Å². The van der Waals surface area contributed by atoms with Crippen molar-refractivity contribution in [3.63, 3.8) is 0 Å². The van der Waals surface area contributed by atoms with Gasteiger partial charge >= 0.3 is 0 Å². The Bertz CT molecular complexity index is 996. The van der Waals surface area contributed by atoms with Crippen LogP contribution in [0.3, 0.4) is 0 Å². The summed E-state index contributed by atoms with van der Waals surface area (Å²) in [5.74, 6) is 0. The number of aromatic nitrogens is 1. The number of aromatic amines is 1. The van der Waals surface area contributed by atoms with Crippen molar-refractivity contribution in [1.82, 2.24) is 4.98 Å². The molecule has 26 heavy (non-hydrogen) atoms. The molecule has 3 aliphatic rings. The summed E-state index contributed by atoms with van der Waals surface area (Å²) < 4.78 is 0. The van der Waals surface area contributed by atoms with Crippen LogP contribution in [-0.4, -0.2) is 56.2 Å². The van der Waals surface area contributed by atoms with Crippen LogP contribution in [0.5, 0.6) is 0 Å². The number of aldehydes is 1. The first-order valence-corrected chi connectivity index (χ1v) is 7.82. The van der Waals surface area contributed by atoms with Crippen molar-refractivity contribution in [3.8, 4) is 0 Å². The van der Waals surface area contributed by atoms with E-state index in [2.05, 4.69) is 20.0 Å². The summed E-state index contributed by atoms with van der Waals surface area (Å²) >= 11 is 0. The molecule has 0 bridgehead atoms. The molecule has 0 aliphatic carbocycles. The molecule has 124 valence electrons. The van der Waals surface area contributed by atoms with Crippen LogP contribution >= 0.6 is 0 Å². The first-order valence-electron chi connectivity index (χ1n) is 7.82. The van der Waals surface area contributed by atoms with E-state index in [1.165, 1.54) is 0 Å².